The lowest BCUT2D eigenvalue weighted by Crippen LogP contribution is -2.24. The second kappa shape index (κ2) is 30.8. The molecule has 0 aliphatic rings. The maximum atomic E-state index is 5.48. The molecular formula is C26H60N6. The molecule has 0 rings (SSSR count). The van der Waals surface area contributed by atoms with Gasteiger partial charge in [0.05, 0.1) is 0 Å². The van der Waals surface area contributed by atoms with Gasteiger partial charge < -0.3 is 32.7 Å². The van der Waals surface area contributed by atoms with Crippen molar-refractivity contribution < 1.29 is 0 Å². The summed E-state index contributed by atoms with van der Waals surface area (Å²) in [5, 5.41) is 14.0. The van der Waals surface area contributed by atoms with E-state index in [0.29, 0.717) is 0 Å². The van der Waals surface area contributed by atoms with Crippen LogP contribution >= 0.6 is 0 Å². The summed E-state index contributed by atoms with van der Waals surface area (Å²) in [5.74, 6) is 0. The largest absolute Gasteiger partial charge is 0.330 e. The Kier molecular flexibility index (Phi) is 30.5. The predicted molar refractivity (Wildman–Crippen MR) is 143 cm³/mol. The minimum Gasteiger partial charge on any atom is -0.330 e. The molecule has 8 N–H and O–H groups in total. The van der Waals surface area contributed by atoms with Crippen LogP contribution in [0.4, 0.5) is 0 Å². The summed E-state index contributed by atoms with van der Waals surface area (Å²) in [6, 6.07) is 0. The van der Waals surface area contributed by atoms with Gasteiger partial charge in [-0.15, -0.1) is 0 Å². The second-order valence-corrected chi connectivity index (χ2v) is 9.23. The van der Waals surface area contributed by atoms with Crippen LogP contribution in [0.5, 0.6) is 0 Å². The molecule has 0 aliphatic heterocycles. The SMILES string of the molecule is NCCCNCCCNCCCCCCCCCCCCCCNCCCNCCCN. The first-order chi connectivity index (χ1) is 15.9. The zero-order chi connectivity index (χ0) is 23.2. The second-order valence-electron chi connectivity index (χ2n) is 9.23. The van der Waals surface area contributed by atoms with Crippen molar-refractivity contribution >= 4 is 0 Å². The first-order valence-electron chi connectivity index (χ1n) is 14.1. The molecule has 0 aromatic rings. The van der Waals surface area contributed by atoms with Crippen LogP contribution in [0.2, 0.25) is 0 Å². The Hall–Kier alpha value is -0.240. The van der Waals surface area contributed by atoms with Gasteiger partial charge in [0, 0.05) is 0 Å². The van der Waals surface area contributed by atoms with Crippen molar-refractivity contribution in [3.63, 3.8) is 0 Å². The molecule has 0 bridgehead atoms. The average molecular weight is 457 g/mol. The van der Waals surface area contributed by atoms with E-state index in [2.05, 4.69) is 21.3 Å². The van der Waals surface area contributed by atoms with Gasteiger partial charge in [-0.2, -0.15) is 0 Å². The highest BCUT2D eigenvalue weighted by Crippen LogP contribution is 2.11. The lowest BCUT2D eigenvalue weighted by molar-refractivity contribution is 0.522. The molecule has 32 heavy (non-hydrogen) atoms. The molecule has 0 saturated heterocycles. The van der Waals surface area contributed by atoms with Crippen LogP contribution in [0.1, 0.15) is 103 Å². The first-order valence-corrected chi connectivity index (χ1v) is 14.1. The van der Waals surface area contributed by atoms with Crippen molar-refractivity contribution in [1.29, 1.82) is 0 Å². The highest BCUT2D eigenvalue weighted by Gasteiger charge is 1.95. The van der Waals surface area contributed by atoms with E-state index in [1.54, 1.807) is 0 Å². The predicted octanol–water partition coefficient (Wildman–Crippen LogP) is 3.50. The molecule has 0 fully saturated rings. The Morgan fingerprint density at radius 1 is 0.250 bits per heavy atom. The van der Waals surface area contributed by atoms with Gasteiger partial charge in [0.1, 0.15) is 0 Å². The third kappa shape index (κ3) is 29.8. The third-order valence-electron chi connectivity index (χ3n) is 5.99. The standard InChI is InChI=1S/C26H60N6/c27-17-13-21-31-25-15-23-29-19-11-9-7-5-3-1-2-4-6-8-10-12-20-30-24-16-26-32-22-14-18-28/h29-32H,1-28H2. The minimum absolute atomic E-state index is 0.791. The highest BCUT2D eigenvalue weighted by atomic mass is 14.9. The van der Waals surface area contributed by atoms with Crippen LogP contribution in [0.25, 0.3) is 0 Å². The van der Waals surface area contributed by atoms with E-state index in [-0.39, 0.29) is 0 Å². The topological polar surface area (TPSA) is 100 Å². The average Bonchev–Trinajstić information content (AvgIpc) is 2.81. The molecule has 0 unspecified atom stereocenters. The molecule has 6 heteroatoms. The zero-order valence-electron chi connectivity index (χ0n) is 21.5. The van der Waals surface area contributed by atoms with Gasteiger partial charge in [0.2, 0.25) is 0 Å². The Bertz CT molecular complexity index is 287. The van der Waals surface area contributed by atoms with Crippen molar-refractivity contribution in [1.82, 2.24) is 21.3 Å². The molecule has 194 valence electrons. The lowest BCUT2D eigenvalue weighted by atomic mass is 10.1. The quantitative estimate of drug-likeness (QED) is 0.0964. The minimum atomic E-state index is 0.791. The smallest absolute Gasteiger partial charge is 0.00368 e. The summed E-state index contributed by atoms with van der Waals surface area (Å²) in [6.45, 7) is 10.6. The lowest BCUT2D eigenvalue weighted by Gasteiger charge is -2.07. The molecule has 6 nitrogen and oxygen atoms in total. The highest BCUT2D eigenvalue weighted by molar-refractivity contribution is 4.55. The van der Waals surface area contributed by atoms with E-state index in [4.69, 9.17) is 11.5 Å². The van der Waals surface area contributed by atoms with Crippen LogP contribution in [0.15, 0.2) is 0 Å². The fraction of sp³-hybridized carbons (Fsp3) is 1.00. The molecule has 0 radical (unpaired) electrons. The molecule has 0 heterocycles. The summed E-state index contributed by atoms with van der Waals surface area (Å²) in [5.41, 5.74) is 11.0. The van der Waals surface area contributed by atoms with Crippen LogP contribution in [0, 0.1) is 0 Å². The van der Waals surface area contributed by atoms with Crippen LogP contribution in [0.3, 0.4) is 0 Å². The summed E-state index contributed by atoms with van der Waals surface area (Å²) in [6.07, 6.45) is 21.5. The van der Waals surface area contributed by atoms with Gasteiger partial charge in [-0.1, -0.05) is 64.2 Å². The van der Waals surface area contributed by atoms with Gasteiger partial charge in [0.25, 0.3) is 0 Å². The van der Waals surface area contributed by atoms with Crippen molar-refractivity contribution in [2.75, 3.05) is 65.4 Å². The summed E-state index contributed by atoms with van der Waals surface area (Å²) in [4.78, 5) is 0. The van der Waals surface area contributed by atoms with E-state index < -0.39 is 0 Å². The van der Waals surface area contributed by atoms with Crippen molar-refractivity contribution in [2.24, 2.45) is 11.5 Å². The Morgan fingerprint density at radius 3 is 0.750 bits per heavy atom. The monoisotopic (exact) mass is 456 g/mol. The molecule has 0 aromatic carbocycles. The van der Waals surface area contributed by atoms with E-state index in [0.717, 1.165) is 65.2 Å². The molecule has 0 aromatic heterocycles. The van der Waals surface area contributed by atoms with E-state index >= 15 is 0 Å². The van der Waals surface area contributed by atoms with E-state index in [1.165, 1.54) is 103 Å². The van der Waals surface area contributed by atoms with E-state index in [9.17, 15) is 0 Å². The van der Waals surface area contributed by atoms with Crippen molar-refractivity contribution in [3.05, 3.63) is 0 Å². The normalized spacial score (nSPS) is 11.4. The molecule has 0 atom stereocenters. The number of hydrogen-bond donors (Lipinski definition) is 6. The van der Waals surface area contributed by atoms with Crippen LogP contribution in [-0.4, -0.2) is 65.4 Å². The number of unbranched alkanes of at least 4 members (excludes halogenated alkanes) is 11. The van der Waals surface area contributed by atoms with Crippen LogP contribution in [-0.2, 0) is 0 Å². The van der Waals surface area contributed by atoms with Gasteiger partial charge in [-0.3, -0.25) is 0 Å². The van der Waals surface area contributed by atoms with Gasteiger partial charge in [0.15, 0.2) is 0 Å². The number of nitrogens with one attached hydrogen (secondary N) is 4. The summed E-state index contributed by atoms with van der Waals surface area (Å²) >= 11 is 0. The van der Waals surface area contributed by atoms with Crippen molar-refractivity contribution in [2.45, 2.75) is 103 Å². The zero-order valence-corrected chi connectivity index (χ0v) is 21.5. The fourth-order valence-electron chi connectivity index (χ4n) is 3.90. The fourth-order valence-corrected chi connectivity index (χ4v) is 3.90. The Balaban J connectivity index is 2.98. The van der Waals surface area contributed by atoms with Gasteiger partial charge in [-0.25, -0.2) is 0 Å². The maximum absolute atomic E-state index is 5.48. The molecule has 0 saturated carbocycles. The summed E-state index contributed by atoms with van der Waals surface area (Å²) in [7, 11) is 0. The number of rotatable bonds is 29. The third-order valence-corrected chi connectivity index (χ3v) is 5.99. The number of nitrogens with two attached hydrogens (primary N) is 2. The van der Waals surface area contributed by atoms with Crippen molar-refractivity contribution in [3.8, 4) is 0 Å². The molecule has 0 aliphatic carbocycles. The van der Waals surface area contributed by atoms with E-state index in [1.807, 2.05) is 0 Å². The molecular weight excluding hydrogens is 396 g/mol. The van der Waals surface area contributed by atoms with Gasteiger partial charge >= 0.3 is 0 Å². The summed E-state index contributed by atoms with van der Waals surface area (Å²) < 4.78 is 0. The Morgan fingerprint density at radius 2 is 0.469 bits per heavy atom. The maximum Gasteiger partial charge on any atom is -0.00368 e. The van der Waals surface area contributed by atoms with Crippen LogP contribution < -0.4 is 32.7 Å². The molecule has 0 spiro atoms. The molecule has 0 amide bonds. The number of hydrogen-bond acceptors (Lipinski definition) is 6. The first kappa shape index (κ1) is 31.8. The Labute approximate surface area is 201 Å². The van der Waals surface area contributed by atoms with Gasteiger partial charge in [-0.05, 0) is 104 Å².